The molecular weight excluding hydrogens is 322 g/mol. The van der Waals surface area contributed by atoms with E-state index < -0.39 is 0 Å². The number of hydrogen-bond donors (Lipinski definition) is 2. The monoisotopic (exact) mass is 365 g/mol. The molecule has 1 unspecified atom stereocenters. The average molecular weight is 366 g/mol. The third-order valence-electron chi connectivity index (χ3n) is 6.15. The molecule has 0 saturated carbocycles. The minimum atomic E-state index is 0.768. The van der Waals surface area contributed by atoms with E-state index in [0.29, 0.717) is 0 Å². The number of rotatable bonds is 9. The van der Waals surface area contributed by atoms with Crippen molar-refractivity contribution in [2.24, 2.45) is 10.9 Å². The van der Waals surface area contributed by atoms with Crippen LogP contribution in [0.3, 0.4) is 0 Å². The first-order valence-corrected chi connectivity index (χ1v) is 11.1. The number of piperidine rings is 2. The maximum absolute atomic E-state index is 4.35. The molecule has 0 aliphatic carbocycles. The Kier molecular flexibility index (Phi) is 10.4. The molecule has 26 heavy (non-hydrogen) atoms. The quantitative estimate of drug-likeness (QED) is 0.375. The predicted molar refractivity (Wildman–Crippen MR) is 113 cm³/mol. The molecule has 2 fully saturated rings. The van der Waals surface area contributed by atoms with Gasteiger partial charge in [-0.2, -0.15) is 0 Å². The van der Waals surface area contributed by atoms with E-state index in [1.54, 1.807) is 0 Å². The molecule has 5 heteroatoms. The first-order chi connectivity index (χ1) is 12.7. The molecule has 0 amide bonds. The lowest BCUT2D eigenvalue weighted by Gasteiger charge is -2.33. The van der Waals surface area contributed by atoms with Gasteiger partial charge in [0.15, 0.2) is 5.96 Å². The maximum atomic E-state index is 4.35. The number of hydrogen-bond acceptors (Lipinski definition) is 3. The molecule has 152 valence electrons. The fourth-order valence-corrected chi connectivity index (χ4v) is 4.15. The molecule has 2 rings (SSSR count). The van der Waals surface area contributed by atoms with Crippen molar-refractivity contribution in [3.63, 3.8) is 0 Å². The Labute approximate surface area is 162 Å². The molecule has 0 spiro atoms. The predicted octanol–water partition coefficient (Wildman–Crippen LogP) is 2.93. The summed E-state index contributed by atoms with van der Waals surface area (Å²) in [7, 11) is 1.87. The number of guanidine groups is 1. The van der Waals surface area contributed by atoms with Crippen LogP contribution in [-0.4, -0.2) is 74.7 Å². The molecule has 0 bridgehead atoms. The summed E-state index contributed by atoms with van der Waals surface area (Å²) in [5.74, 6) is 1.89. The van der Waals surface area contributed by atoms with Crippen molar-refractivity contribution in [2.75, 3.05) is 52.9 Å². The topological polar surface area (TPSA) is 42.9 Å². The van der Waals surface area contributed by atoms with E-state index >= 15 is 0 Å². The minimum absolute atomic E-state index is 0.768. The van der Waals surface area contributed by atoms with Crippen LogP contribution in [0.1, 0.15) is 65.2 Å². The second-order valence-corrected chi connectivity index (χ2v) is 8.39. The van der Waals surface area contributed by atoms with Crippen LogP contribution in [0.2, 0.25) is 0 Å². The largest absolute Gasteiger partial charge is 0.356 e. The Morgan fingerprint density at radius 3 is 2.31 bits per heavy atom. The van der Waals surface area contributed by atoms with E-state index in [-0.39, 0.29) is 0 Å². The Hall–Kier alpha value is -0.810. The molecule has 5 nitrogen and oxygen atoms in total. The first kappa shape index (κ1) is 21.5. The zero-order valence-electron chi connectivity index (χ0n) is 17.6. The van der Waals surface area contributed by atoms with E-state index in [0.717, 1.165) is 31.0 Å². The van der Waals surface area contributed by atoms with Crippen molar-refractivity contribution in [2.45, 2.75) is 71.3 Å². The van der Waals surface area contributed by atoms with Crippen LogP contribution in [0, 0.1) is 5.92 Å². The first-order valence-electron chi connectivity index (χ1n) is 11.1. The molecule has 2 saturated heterocycles. The van der Waals surface area contributed by atoms with Crippen LogP contribution in [0.5, 0.6) is 0 Å². The van der Waals surface area contributed by atoms with E-state index in [1.807, 2.05) is 7.05 Å². The Morgan fingerprint density at radius 1 is 0.885 bits per heavy atom. The summed E-state index contributed by atoms with van der Waals surface area (Å²) in [6.07, 6.45) is 10.6. The van der Waals surface area contributed by atoms with E-state index in [4.69, 9.17) is 0 Å². The van der Waals surface area contributed by atoms with E-state index in [9.17, 15) is 0 Å². The van der Waals surface area contributed by atoms with Crippen molar-refractivity contribution in [3.05, 3.63) is 0 Å². The maximum Gasteiger partial charge on any atom is 0.190 e. The van der Waals surface area contributed by atoms with Gasteiger partial charge in [0.2, 0.25) is 0 Å². The number of nitrogens with zero attached hydrogens (tertiary/aromatic N) is 3. The molecule has 2 N–H and O–H groups in total. The normalized spacial score (nSPS) is 24.0. The highest BCUT2D eigenvalue weighted by Gasteiger charge is 2.17. The zero-order valence-corrected chi connectivity index (χ0v) is 17.6. The van der Waals surface area contributed by atoms with Gasteiger partial charge in [-0.15, -0.1) is 0 Å². The summed E-state index contributed by atoms with van der Waals surface area (Å²) < 4.78 is 0. The highest BCUT2D eigenvalue weighted by atomic mass is 15.2. The summed E-state index contributed by atoms with van der Waals surface area (Å²) in [6, 6.07) is 0.768. The van der Waals surface area contributed by atoms with Gasteiger partial charge in [-0.3, -0.25) is 4.99 Å². The number of likely N-dealkylation sites (tertiary alicyclic amines) is 2. The molecule has 2 heterocycles. The van der Waals surface area contributed by atoms with Crippen molar-refractivity contribution >= 4 is 5.96 Å². The SMILES string of the molecule is CN=C(NCCCCN1CCC(C)CC1)NCCCN1CCCCC1C. The van der Waals surface area contributed by atoms with Crippen LogP contribution < -0.4 is 10.6 Å². The van der Waals surface area contributed by atoms with Gasteiger partial charge in [-0.25, -0.2) is 0 Å². The summed E-state index contributed by atoms with van der Waals surface area (Å²) >= 11 is 0. The van der Waals surface area contributed by atoms with Crippen molar-refractivity contribution in [3.8, 4) is 0 Å². The molecule has 0 aromatic carbocycles. The fraction of sp³-hybridized carbons (Fsp3) is 0.952. The Bertz CT molecular complexity index is 390. The fourth-order valence-electron chi connectivity index (χ4n) is 4.15. The molecular formula is C21H43N5. The van der Waals surface area contributed by atoms with Gasteiger partial charge in [-0.1, -0.05) is 13.3 Å². The molecule has 2 aliphatic heterocycles. The summed E-state index contributed by atoms with van der Waals surface area (Å²) in [5, 5.41) is 6.94. The lowest BCUT2D eigenvalue weighted by atomic mass is 9.99. The minimum Gasteiger partial charge on any atom is -0.356 e. The number of nitrogens with one attached hydrogen (secondary N) is 2. The van der Waals surface area contributed by atoms with Crippen LogP contribution in [0.15, 0.2) is 4.99 Å². The van der Waals surface area contributed by atoms with Crippen molar-refractivity contribution in [1.82, 2.24) is 20.4 Å². The van der Waals surface area contributed by atoms with Crippen LogP contribution in [0.25, 0.3) is 0 Å². The molecule has 0 radical (unpaired) electrons. The van der Waals surface area contributed by atoms with Gasteiger partial charge in [0.05, 0.1) is 0 Å². The number of unbranched alkanes of at least 4 members (excludes halogenated alkanes) is 1. The lowest BCUT2D eigenvalue weighted by Crippen LogP contribution is -2.41. The van der Waals surface area contributed by atoms with Gasteiger partial charge in [-0.05, 0) is 84.0 Å². The van der Waals surface area contributed by atoms with Crippen LogP contribution in [-0.2, 0) is 0 Å². The third-order valence-corrected chi connectivity index (χ3v) is 6.15. The third kappa shape index (κ3) is 8.26. The Balaban J connectivity index is 1.46. The lowest BCUT2D eigenvalue weighted by molar-refractivity contribution is 0.159. The van der Waals surface area contributed by atoms with Gasteiger partial charge in [0.1, 0.15) is 0 Å². The van der Waals surface area contributed by atoms with Crippen LogP contribution in [0.4, 0.5) is 0 Å². The van der Waals surface area contributed by atoms with Gasteiger partial charge in [0.25, 0.3) is 0 Å². The Morgan fingerprint density at radius 2 is 1.62 bits per heavy atom. The van der Waals surface area contributed by atoms with Crippen molar-refractivity contribution in [1.29, 1.82) is 0 Å². The molecule has 0 aromatic heterocycles. The second kappa shape index (κ2) is 12.6. The smallest absolute Gasteiger partial charge is 0.190 e. The molecule has 2 aliphatic rings. The molecule has 0 aromatic rings. The highest BCUT2D eigenvalue weighted by molar-refractivity contribution is 5.79. The summed E-state index contributed by atoms with van der Waals surface area (Å²) in [6.45, 7) is 13.1. The van der Waals surface area contributed by atoms with Crippen molar-refractivity contribution < 1.29 is 0 Å². The summed E-state index contributed by atoms with van der Waals surface area (Å²) in [5.41, 5.74) is 0. The van der Waals surface area contributed by atoms with Gasteiger partial charge < -0.3 is 20.4 Å². The second-order valence-electron chi connectivity index (χ2n) is 8.39. The van der Waals surface area contributed by atoms with Gasteiger partial charge in [0, 0.05) is 32.7 Å². The van der Waals surface area contributed by atoms with E-state index in [1.165, 1.54) is 84.1 Å². The standard InChI is InChI=1S/C21H43N5/c1-19-10-17-25(18-11-19)14-7-5-12-23-21(22-3)24-13-8-16-26-15-6-4-9-20(26)2/h19-20H,4-18H2,1-3H3,(H2,22,23,24). The summed E-state index contributed by atoms with van der Waals surface area (Å²) in [4.78, 5) is 9.63. The molecule has 1 atom stereocenters. The van der Waals surface area contributed by atoms with Crippen LogP contribution >= 0.6 is 0 Å². The van der Waals surface area contributed by atoms with E-state index in [2.05, 4.69) is 39.3 Å². The zero-order chi connectivity index (χ0) is 18.6. The van der Waals surface area contributed by atoms with Gasteiger partial charge >= 0.3 is 0 Å². The highest BCUT2D eigenvalue weighted by Crippen LogP contribution is 2.16. The number of aliphatic imine (C=N–C) groups is 1. The average Bonchev–Trinajstić information content (AvgIpc) is 2.66.